The Morgan fingerprint density at radius 1 is 0.586 bits per heavy atom. The second-order valence-electron chi connectivity index (χ2n) is 5.11. The van der Waals surface area contributed by atoms with Gasteiger partial charge in [-0.25, -0.2) is 27.2 Å². The van der Waals surface area contributed by atoms with Gasteiger partial charge in [-0.1, -0.05) is 0 Å². The lowest BCUT2D eigenvalue weighted by Crippen LogP contribution is -2.22. The first-order valence-corrected chi connectivity index (χ1v) is 6.50. The molecule has 0 aliphatic carbocycles. The lowest BCUT2D eigenvalue weighted by Gasteiger charge is -2.20. The third kappa shape index (κ3) is 3.63. The molecule has 0 saturated carbocycles. The molecule has 29 heavy (non-hydrogen) atoms. The highest BCUT2D eigenvalue weighted by molar-refractivity contribution is 6.03. The van der Waals surface area contributed by atoms with Gasteiger partial charge in [0.2, 0.25) is 0 Å². The molecular formula is C14H3ClF10O4. The zero-order valence-electron chi connectivity index (χ0n) is 12.9. The molecule has 0 unspecified atom stereocenters. The second-order valence-corrected chi connectivity index (χ2v) is 5.11. The maximum absolute atomic E-state index is 14.3. The summed E-state index contributed by atoms with van der Waals surface area (Å²) in [5.74, 6) is -17.4. The van der Waals surface area contributed by atoms with Crippen LogP contribution >= 0.6 is 12.4 Å². The molecule has 160 valence electrons. The third-order valence-corrected chi connectivity index (χ3v) is 3.50. The molecule has 0 bridgehead atoms. The first-order valence-electron chi connectivity index (χ1n) is 6.50. The first-order chi connectivity index (χ1) is 12.5. The molecule has 0 atom stereocenters. The quantitative estimate of drug-likeness (QED) is 0.600. The average Bonchev–Trinajstić information content (AvgIpc) is 2.45. The summed E-state index contributed by atoms with van der Waals surface area (Å²) >= 11 is 0. The normalized spacial score (nSPS) is 12.1. The van der Waals surface area contributed by atoms with Gasteiger partial charge >= 0.3 is 24.3 Å². The van der Waals surface area contributed by atoms with E-state index in [-0.39, 0.29) is 12.4 Å². The molecule has 0 aliphatic rings. The van der Waals surface area contributed by atoms with E-state index in [2.05, 4.69) is 0 Å². The molecule has 2 aromatic carbocycles. The Hall–Kier alpha value is -2.77. The number of aromatic carboxylic acids is 2. The van der Waals surface area contributed by atoms with Crippen LogP contribution in [0.5, 0.6) is 0 Å². The van der Waals surface area contributed by atoms with Crippen LogP contribution in [0.25, 0.3) is 10.8 Å². The number of carbonyl (C=O) groups is 2. The van der Waals surface area contributed by atoms with Crippen LogP contribution in [0.1, 0.15) is 31.8 Å². The predicted molar refractivity (Wildman–Crippen MR) is 75.0 cm³/mol. The Balaban J connectivity index is 0.00000420. The fraction of sp³-hybridized carbons (Fsp3) is 0.143. The summed E-state index contributed by atoms with van der Waals surface area (Å²) in [6.07, 6.45) is -12.2. The van der Waals surface area contributed by atoms with E-state index in [1.165, 1.54) is 0 Å². The molecule has 0 radical (unpaired) electrons. The average molecular weight is 461 g/mol. The number of hydrogen-bond acceptors (Lipinski definition) is 2. The smallest absolute Gasteiger partial charge is 0.419 e. The Morgan fingerprint density at radius 3 is 1.00 bits per heavy atom. The van der Waals surface area contributed by atoms with Crippen LogP contribution in [-0.2, 0) is 12.4 Å². The summed E-state index contributed by atoms with van der Waals surface area (Å²) in [6, 6.07) is 0. The number of carboxylic acid groups (broad SMARTS) is 2. The minimum absolute atomic E-state index is 0. The summed E-state index contributed by atoms with van der Waals surface area (Å²) < 4.78 is 135. The van der Waals surface area contributed by atoms with Crippen molar-refractivity contribution < 1.29 is 63.7 Å². The molecule has 0 saturated heterocycles. The van der Waals surface area contributed by atoms with Crippen molar-refractivity contribution in [3.8, 4) is 0 Å². The van der Waals surface area contributed by atoms with E-state index in [0.29, 0.717) is 0 Å². The summed E-state index contributed by atoms with van der Waals surface area (Å²) in [4.78, 5) is 21.7. The lowest BCUT2D eigenvalue weighted by atomic mass is 9.91. The van der Waals surface area contributed by atoms with Crippen molar-refractivity contribution in [3.05, 3.63) is 45.5 Å². The van der Waals surface area contributed by atoms with Crippen molar-refractivity contribution in [2.45, 2.75) is 12.4 Å². The molecular weight excluding hydrogens is 458 g/mol. The summed E-state index contributed by atoms with van der Waals surface area (Å²) in [7, 11) is 0. The van der Waals surface area contributed by atoms with Crippen molar-refractivity contribution in [2.24, 2.45) is 0 Å². The largest absolute Gasteiger partial charge is 0.477 e. The Bertz CT molecular complexity index is 959. The van der Waals surface area contributed by atoms with Crippen LogP contribution in [0.4, 0.5) is 43.9 Å². The van der Waals surface area contributed by atoms with Gasteiger partial charge in [0.25, 0.3) is 0 Å². The van der Waals surface area contributed by atoms with Crippen LogP contribution in [0.2, 0.25) is 0 Å². The SMILES string of the molecule is Cl.O=C(O)c1c(F)c(C(F)(F)F)c2c(F)c(C(=O)O)c(F)c(C(F)(F)F)c2c1F. The zero-order valence-corrected chi connectivity index (χ0v) is 13.7. The molecule has 0 heterocycles. The molecule has 0 aliphatic heterocycles. The van der Waals surface area contributed by atoms with Crippen LogP contribution in [0, 0.1) is 23.3 Å². The highest BCUT2D eigenvalue weighted by atomic mass is 35.5. The number of alkyl halides is 6. The number of carboxylic acids is 2. The van der Waals surface area contributed by atoms with Crippen LogP contribution in [0.15, 0.2) is 0 Å². The fourth-order valence-electron chi connectivity index (χ4n) is 2.51. The van der Waals surface area contributed by atoms with E-state index in [9.17, 15) is 53.5 Å². The van der Waals surface area contributed by atoms with Crippen molar-refractivity contribution in [2.75, 3.05) is 0 Å². The van der Waals surface area contributed by atoms with Crippen LogP contribution in [0.3, 0.4) is 0 Å². The van der Waals surface area contributed by atoms with Gasteiger partial charge in [-0.05, 0) is 0 Å². The molecule has 0 fully saturated rings. The summed E-state index contributed by atoms with van der Waals surface area (Å²) in [6.45, 7) is 0. The molecule has 2 aromatic rings. The summed E-state index contributed by atoms with van der Waals surface area (Å²) in [5, 5.41) is 12.1. The predicted octanol–water partition coefficient (Wildman–Crippen LogP) is 5.25. The Morgan fingerprint density at radius 2 is 0.828 bits per heavy atom. The zero-order chi connectivity index (χ0) is 21.9. The standard InChI is InChI=1S/C14H2F10O4.ClH/c15-7-1-2(6(14(22,23)24)10(18)3(7)11(25)26)8(16)4(12(27)28)9(17)5(1)13(19,20)21;/h(H,25,26)(H,27,28);1H. The van der Waals surface area contributed by atoms with E-state index < -0.39 is 80.6 Å². The van der Waals surface area contributed by atoms with Gasteiger partial charge in [0.15, 0.2) is 11.6 Å². The van der Waals surface area contributed by atoms with Crippen LogP contribution < -0.4 is 0 Å². The van der Waals surface area contributed by atoms with Gasteiger partial charge in [0.1, 0.15) is 33.9 Å². The van der Waals surface area contributed by atoms with Gasteiger partial charge in [-0.3, -0.25) is 0 Å². The topological polar surface area (TPSA) is 74.6 Å². The van der Waals surface area contributed by atoms with Crippen molar-refractivity contribution in [1.29, 1.82) is 0 Å². The molecule has 0 amide bonds. The maximum Gasteiger partial charge on any atom is 0.419 e. The van der Waals surface area contributed by atoms with Gasteiger partial charge in [0.05, 0.1) is 0 Å². The van der Waals surface area contributed by atoms with E-state index in [0.717, 1.165) is 0 Å². The molecule has 2 N–H and O–H groups in total. The number of hydrogen-bond donors (Lipinski definition) is 2. The van der Waals surface area contributed by atoms with Crippen molar-refractivity contribution in [1.82, 2.24) is 0 Å². The lowest BCUT2D eigenvalue weighted by molar-refractivity contribution is -0.141. The second kappa shape index (κ2) is 7.24. The Kier molecular flexibility index (Phi) is 6.06. The number of rotatable bonds is 2. The summed E-state index contributed by atoms with van der Waals surface area (Å²) in [5.41, 5.74) is -11.2. The van der Waals surface area contributed by atoms with Crippen molar-refractivity contribution >= 4 is 35.1 Å². The highest BCUT2D eigenvalue weighted by Crippen LogP contribution is 2.47. The maximum atomic E-state index is 14.3. The van der Waals surface area contributed by atoms with Gasteiger partial charge in [-0.15, -0.1) is 12.4 Å². The van der Waals surface area contributed by atoms with Gasteiger partial charge in [-0.2, -0.15) is 26.3 Å². The Labute approximate surface area is 157 Å². The molecule has 15 heteroatoms. The van der Waals surface area contributed by atoms with Crippen molar-refractivity contribution in [3.63, 3.8) is 0 Å². The number of fused-ring (bicyclic) bond motifs is 1. The van der Waals surface area contributed by atoms with Gasteiger partial charge in [0, 0.05) is 10.8 Å². The molecule has 4 nitrogen and oxygen atoms in total. The number of halogens is 11. The van der Waals surface area contributed by atoms with E-state index >= 15 is 0 Å². The minimum Gasteiger partial charge on any atom is -0.477 e. The van der Waals surface area contributed by atoms with Gasteiger partial charge < -0.3 is 10.2 Å². The fourth-order valence-corrected chi connectivity index (χ4v) is 2.51. The minimum atomic E-state index is -6.11. The highest BCUT2D eigenvalue weighted by Gasteiger charge is 2.47. The van der Waals surface area contributed by atoms with E-state index in [1.54, 1.807) is 0 Å². The molecule has 0 aromatic heterocycles. The third-order valence-electron chi connectivity index (χ3n) is 3.50. The van der Waals surface area contributed by atoms with E-state index in [4.69, 9.17) is 10.2 Å². The monoisotopic (exact) mass is 460 g/mol. The molecule has 2 rings (SSSR count). The van der Waals surface area contributed by atoms with Crippen LogP contribution in [-0.4, -0.2) is 22.2 Å². The molecule has 0 spiro atoms. The first kappa shape index (κ1) is 24.3. The number of benzene rings is 2. The van der Waals surface area contributed by atoms with E-state index in [1.807, 2.05) is 0 Å².